The molecule has 1 aromatic heterocycles. The number of rotatable bonds is 9. The zero-order chi connectivity index (χ0) is 30.2. The molecule has 3 aliphatic rings. The van der Waals surface area contributed by atoms with E-state index in [1.54, 1.807) is 38.5 Å². The number of methoxy groups -OCH3 is 2. The first kappa shape index (κ1) is 29.2. The molecule has 0 radical (unpaired) electrons. The van der Waals surface area contributed by atoms with E-state index in [1.165, 1.54) is 12.8 Å². The van der Waals surface area contributed by atoms with E-state index in [9.17, 15) is 13.8 Å². The highest BCUT2D eigenvalue weighted by atomic mass is 32.2. The van der Waals surface area contributed by atoms with Crippen LogP contribution in [0, 0.1) is 13.8 Å². The third-order valence-electron chi connectivity index (χ3n) is 8.56. The highest BCUT2D eigenvalue weighted by molar-refractivity contribution is 7.84. The predicted molar refractivity (Wildman–Crippen MR) is 168 cm³/mol. The Hall–Kier alpha value is -3.89. The standard InChI is InChI=1S/C33H38N4O5S/c1-19-30(34-20(2)31(19)33(39)37-11-9-23(10-12-37)35-22-5-6-22)17-28-27-16-26(7-8-29(27)36-32(28)38)43(40)18-21-13-24(41-3)15-25(14-21)42-4/h7-8,13-17,22-23,34-35H,5-6,9-12,18H2,1-4H3,(H,36,38). The largest absolute Gasteiger partial charge is 0.497 e. The summed E-state index contributed by atoms with van der Waals surface area (Å²) in [7, 11) is 1.78. The van der Waals surface area contributed by atoms with E-state index in [0.29, 0.717) is 50.9 Å². The topological polar surface area (TPSA) is 113 Å². The van der Waals surface area contributed by atoms with E-state index < -0.39 is 10.8 Å². The molecule has 226 valence electrons. The molecule has 0 spiro atoms. The van der Waals surface area contributed by atoms with Crippen molar-refractivity contribution in [1.82, 2.24) is 15.2 Å². The van der Waals surface area contributed by atoms with Crippen LogP contribution in [0.2, 0.25) is 0 Å². The van der Waals surface area contributed by atoms with Crippen LogP contribution in [0.5, 0.6) is 11.5 Å². The molecular formula is C33H38N4O5S. The van der Waals surface area contributed by atoms with Gasteiger partial charge in [0.25, 0.3) is 11.8 Å². The number of aromatic nitrogens is 1. The van der Waals surface area contributed by atoms with Gasteiger partial charge in [0.15, 0.2) is 0 Å². The van der Waals surface area contributed by atoms with Crippen LogP contribution in [-0.2, 0) is 21.3 Å². The second-order valence-corrected chi connectivity index (χ2v) is 13.1. The fraction of sp³-hybridized carbons (Fsp3) is 0.394. The predicted octanol–water partition coefficient (Wildman–Crippen LogP) is 4.81. The quantitative estimate of drug-likeness (QED) is 0.303. The molecular weight excluding hydrogens is 564 g/mol. The van der Waals surface area contributed by atoms with Crippen molar-refractivity contribution in [3.63, 3.8) is 0 Å². The van der Waals surface area contributed by atoms with Gasteiger partial charge in [0.1, 0.15) is 11.5 Å². The average Bonchev–Trinajstić information content (AvgIpc) is 3.71. The fourth-order valence-electron chi connectivity index (χ4n) is 6.01. The van der Waals surface area contributed by atoms with E-state index >= 15 is 0 Å². The number of carbonyl (C=O) groups excluding carboxylic acids is 2. The number of H-pyrrole nitrogens is 1. The van der Waals surface area contributed by atoms with Crippen molar-refractivity contribution >= 4 is 40.0 Å². The van der Waals surface area contributed by atoms with Crippen molar-refractivity contribution < 1.29 is 23.3 Å². The lowest BCUT2D eigenvalue weighted by molar-refractivity contribution is -0.110. The van der Waals surface area contributed by atoms with Crippen LogP contribution in [-0.4, -0.2) is 65.3 Å². The molecule has 3 heterocycles. The maximum Gasteiger partial charge on any atom is 0.256 e. The number of benzene rings is 2. The van der Waals surface area contributed by atoms with Gasteiger partial charge in [0.05, 0.1) is 41.9 Å². The van der Waals surface area contributed by atoms with Gasteiger partial charge in [-0.15, -0.1) is 0 Å². The Balaban J connectivity index is 1.22. The minimum absolute atomic E-state index is 0.0314. The van der Waals surface area contributed by atoms with Crippen molar-refractivity contribution in [2.45, 2.75) is 62.3 Å². The first-order valence-electron chi connectivity index (χ1n) is 14.8. The maximum absolute atomic E-state index is 13.6. The van der Waals surface area contributed by atoms with Gasteiger partial charge >= 0.3 is 0 Å². The number of hydrogen-bond donors (Lipinski definition) is 3. The van der Waals surface area contributed by atoms with Gasteiger partial charge in [-0.05, 0) is 87.1 Å². The van der Waals surface area contributed by atoms with E-state index in [1.807, 2.05) is 36.9 Å². The molecule has 1 aliphatic carbocycles. The fourth-order valence-corrected chi connectivity index (χ4v) is 7.12. The molecule has 1 saturated carbocycles. The maximum atomic E-state index is 13.6. The summed E-state index contributed by atoms with van der Waals surface area (Å²) in [6, 6.07) is 12.0. The number of fused-ring (bicyclic) bond motifs is 1. The molecule has 2 aromatic carbocycles. The molecule has 1 unspecified atom stereocenters. The van der Waals surface area contributed by atoms with Gasteiger partial charge < -0.3 is 30.0 Å². The van der Waals surface area contributed by atoms with Crippen LogP contribution in [0.15, 0.2) is 41.3 Å². The van der Waals surface area contributed by atoms with E-state index in [2.05, 4.69) is 15.6 Å². The number of ether oxygens (including phenoxy) is 2. The Bertz CT molecular complexity index is 1610. The monoisotopic (exact) mass is 602 g/mol. The molecule has 0 bridgehead atoms. The Morgan fingerprint density at radius 2 is 1.70 bits per heavy atom. The lowest BCUT2D eigenvalue weighted by atomic mass is 10.0. The number of hydrogen-bond acceptors (Lipinski definition) is 6. The molecule has 1 atom stereocenters. The normalized spacial score (nSPS) is 18.5. The van der Waals surface area contributed by atoms with Gasteiger partial charge in [-0.3, -0.25) is 13.8 Å². The number of aryl methyl sites for hydroxylation is 1. The third-order valence-corrected chi connectivity index (χ3v) is 9.93. The molecule has 43 heavy (non-hydrogen) atoms. The summed E-state index contributed by atoms with van der Waals surface area (Å²) < 4.78 is 24.1. The van der Waals surface area contributed by atoms with Gasteiger partial charge in [0.2, 0.25) is 0 Å². The summed E-state index contributed by atoms with van der Waals surface area (Å²) in [5, 5.41) is 6.60. The van der Waals surface area contributed by atoms with Crippen LogP contribution in [0.4, 0.5) is 5.69 Å². The van der Waals surface area contributed by atoms with Crippen molar-refractivity contribution in [3.8, 4) is 11.5 Å². The SMILES string of the molecule is COc1cc(CS(=O)c2ccc3c(c2)C(=Cc2[nH]c(C)c(C(=O)N4CCC(NC5CC5)CC4)c2C)C(=O)N3)cc(OC)c1. The van der Waals surface area contributed by atoms with E-state index in [4.69, 9.17) is 9.47 Å². The minimum Gasteiger partial charge on any atom is -0.497 e. The van der Waals surface area contributed by atoms with Crippen LogP contribution in [0.3, 0.4) is 0 Å². The molecule has 10 heteroatoms. The highest BCUT2D eigenvalue weighted by Gasteiger charge is 2.31. The molecule has 9 nitrogen and oxygen atoms in total. The second kappa shape index (κ2) is 12.0. The number of carbonyl (C=O) groups is 2. The average molecular weight is 603 g/mol. The molecule has 2 fully saturated rings. The van der Waals surface area contributed by atoms with Crippen LogP contribution >= 0.6 is 0 Å². The number of piperidine rings is 1. The lowest BCUT2D eigenvalue weighted by Crippen LogP contribution is -2.45. The summed E-state index contributed by atoms with van der Waals surface area (Å²) in [5.74, 6) is 1.32. The van der Waals surface area contributed by atoms with Crippen molar-refractivity contribution in [3.05, 3.63) is 70.0 Å². The van der Waals surface area contributed by atoms with Gasteiger partial charge in [-0.2, -0.15) is 0 Å². The van der Waals surface area contributed by atoms with Crippen LogP contribution < -0.4 is 20.1 Å². The summed E-state index contributed by atoms with van der Waals surface area (Å²) in [4.78, 5) is 32.6. The number of likely N-dealkylation sites (tertiary alicyclic amines) is 1. The molecule has 2 aliphatic heterocycles. The van der Waals surface area contributed by atoms with Crippen molar-refractivity contribution in [2.24, 2.45) is 0 Å². The second-order valence-electron chi connectivity index (χ2n) is 11.6. The smallest absolute Gasteiger partial charge is 0.256 e. The summed E-state index contributed by atoms with van der Waals surface area (Å²) in [6.07, 6.45) is 6.26. The number of amides is 2. The summed E-state index contributed by atoms with van der Waals surface area (Å²) in [6.45, 7) is 5.30. The number of aromatic amines is 1. The van der Waals surface area contributed by atoms with Gasteiger partial charge in [-0.25, -0.2) is 0 Å². The van der Waals surface area contributed by atoms with Gasteiger partial charge in [-0.1, -0.05) is 0 Å². The van der Waals surface area contributed by atoms with Crippen molar-refractivity contribution in [2.75, 3.05) is 32.6 Å². The Morgan fingerprint density at radius 3 is 2.35 bits per heavy atom. The molecule has 2 amide bonds. The zero-order valence-corrected chi connectivity index (χ0v) is 25.9. The highest BCUT2D eigenvalue weighted by Crippen LogP contribution is 2.36. The third kappa shape index (κ3) is 6.12. The number of nitrogens with zero attached hydrogens (tertiary/aromatic N) is 1. The number of nitrogens with one attached hydrogen (secondary N) is 3. The van der Waals surface area contributed by atoms with E-state index in [0.717, 1.165) is 48.4 Å². The van der Waals surface area contributed by atoms with Crippen molar-refractivity contribution in [1.29, 1.82) is 0 Å². The zero-order valence-electron chi connectivity index (χ0n) is 25.0. The molecule has 1 saturated heterocycles. The first-order chi connectivity index (χ1) is 20.7. The molecule has 3 aromatic rings. The summed E-state index contributed by atoms with van der Waals surface area (Å²) >= 11 is 0. The first-order valence-corrected chi connectivity index (χ1v) is 16.1. The number of anilines is 1. The molecule has 6 rings (SSSR count). The molecule has 3 N–H and O–H groups in total. The van der Waals surface area contributed by atoms with E-state index in [-0.39, 0.29) is 17.6 Å². The van der Waals surface area contributed by atoms with Crippen LogP contribution in [0.25, 0.3) is 11.6 Å². The Morgan fingerprint density at radius 1 is 1.02 bits per heavy atom. The Labute approximate surface area is 254 Å². The lowest BCUT2D eigenvalue weighted by Gasteiger charge is -2.32. The summed E-state index contributed by atoms with van der Waals surface area (Å²) in [5.41, 5.74) is 5.63. The van der Waals surface area contributed by atoms with Crippen LogP contribution in [0.1, 0.15) is 64.1 Å². The van der Waals surface area contributed by atoms with Gasteiger partial charge in [0, 0.05) is 58.8 Å². The minimum atomic E-state index is -1.38. The Kier molecular flexibility index (Phi) is 8.15.